The van der Waals surface area contributed by atoms with Gasteiger partial charge in [-0.3, -0.25) is 0 Å². The van der Waals surface area contributed by atoms with Gasteiger partial charge in [0.2, 0.25) is 0 Å². The van der Waals surface area contributed by atoms with E-state index in [9.17, 15) is 0 Å². The van der Waals surface area contributed by atoms with Crippen molar-refractivity contribution in [2.45, 2.75) is 39.3 Å². The summed E-state index contributed by atoms with van der Waals surface area (Å²) in [6.07, 6.45) is 7.58. The van der Waals surface area contributed by atoms with Gasteiger partial charge < -0.3 is 10.2 Å². The Kier molecular flexibility index (Phi) is 3.40. The van der Waals surface area contributed by atoms with Crippen molar-refractivity contribution in [2.75, 3.05) is 7.05 Å². The van der Waals surface area contributed by atoms with Gasteiger partial charge in [-0.25, -0.2) is 0 Å². The van der Waals surface area contributed by atoms with Crippen LogP contribution in [0.2, 0.25) is 0 Å². The fraction of sp³-hybridized carbons (Fsp3) is 0.636. The molecule has 2 nitrogen and oxygen atoms in total. The fourth-order valence-corrected chi connectivity index (χ4v) is 1.29. The zero-order chi connectivity index (χ0) is 9.84. The second kappa shape index (κ2) is 4.35. The monoisotopic (exact) mass is 180 g/mol. The zero-order valence-electron chi connectivity index (χ0n) is 9.04. The molecule has 0 amide bonds. The molecule has 0 aromatic carbocycles. The van der Waals surface area contributed by atoms with Crippen molar-refractivity contribution < 1.29 is 0 Å². The van der Waals surface area contributed by atoms with E-state index in [1.807, 2.05) is 6.20 Å². The van der Waals surface area contributed by atoms with E-state index in [4.69, 9.17) is 0 Å². The SMILES string of the molecule is CC1CC=C(N(C)C(C)C)C=CN1. The molecule has 0 aliphatic carbocycles. The van der Waals surface area contributed by atoms with Crippen LogP contribution in [0.4, 0.5) is 0 Å². The summed E-state index contributed by atoms with van der Waals surface area (Å²) in [6.45, 7) is 6.60. The molecular formula is C11H20N2. The normalized spacial score (nSPS) is 22.2. The van der Waals surface area contributed by atoms with Gasteiger partial charge >= 0.3 is 0 Å². The third-order valence-corrected chi connectivity index (χ3v) is 2.50. The van der Waals surface area contributed by atoms with Crippen LogP contribution in [-0.4, -0.2) is 24.0 Å². The Hall–Kier alpha value is -0.920. The third-order valence-electron chi connectivity index (χ3n) is 2.50. The smallest absolute Gasteiger partial charge is 0.0340 e. The van der Waals surface area contributed by atoms with Crippen LogP contribution in [0.3, 0.4) is 0 Å². The van der Waals surface area contributed by atoms with Crippen molar-refractivity contribution in [3.05, 3.63) is 24.0 Å². The Morgan fingerprint density at radius 2 is 2.23 bits per heavy atom. The number of allylic oxidation sites excluding steroid dienone is 1. The summed E-state index contributed by atoms with van der Waals surface area (Å²) in [7, 11) is 2.14. The summed E-state index contributed by atoms with van der Waals surface area (Å²) in [5, 5.41) is 3.31. The summed E-state index contributed by atoms with van der Waals surface area (Å²) < 4.78 is 0. The van der Waals surface area contributed by atoms with E-state index in [-0.39, 0.29) is 0 Å². The van der Waals surface area contributed by atoms with Crippen LogP contribution >= 0.6 is 0 Å². The molecule has 0 radical (unpaired) electrons. The van der Waals surface area contributed by atoms with Crippen LogP contribution in [0.25, 0.3) is 0 Å². The predicted octanol–water partition coefficient (Wildman–Crippen LogP) is 2.11. The van der Waals surface area contributed by atoms with E-state index < -0.39 is 0 Å². The summed E-state index contributed by atoms with van der Waals surface area (Å²) >= 11 is 0. The van der Waals surface area contributed by atoms with Gasteiger partial charge in [-0.05, 0) is 39.5 Å². The summed E-state index contributed by atoms with van der Waals surface area (Å²) in [4.78, 5) is 2.29. The highest BCUT2D eigenvalue weighted by atomic mass is 15.1. The average Bonchev–Trinajstić information content (AvgIpc) is 2.28. The highest BCUT2D eigenvalue weighted by Gasteiger charge is 2.08. The summed E-state index contributed by atoms with van der Waals surface area (Å²) in [5.74, 6) is 0. The maximum atomic E-state index is 3.31. The highest BCUT2D eigenvalue weighted by molar-refractivity contribution is 5.19. The first-order valence-electron chi connectivity index (χ1n) is 4.97. The second-order valence-corrected chi connectivity index (χ2v) is 3.97. The number of hydrogen-bond donors (Lipinski definition) is 1. The molecule has 0 saturated carbocycles. The van der Waals surface area contributed by atoms with Crippen molar-refractivity contribution in [2.24, 2.45) is 0 Å². The quantitative estimate of drug-likeness (QED) is 0.700. The van der Waals surface area contributed by atoms with Crippen LogP contribution in [0.5, 0.6) is 0 Å². The van der Waals surface area contributed by atoms with E-state index in [0.29, 0.717) is 12.1 Å². The molecule has 74 valence electrons. The lowest BCUT2D eigenvalue weighted by Crippen LogP contribution is -2.24. The molecule has 1 N–H and O–H groups in total. The Morgan fingerprint density at radius 3 is 2.85 bits per heavy atom. The minimum absolute atomic E-state index is 0.550. The highest BCUT2D eigenvalue weighted by Crippen LogP contribution is 2.12. The first kappa shape index (κ1) is 10.2. The lowest BCUT2D eigenvalue weighted by Gasteiger charge is -2.24. The molecule has 0 bridgehead atoms. The van der Waals surface area contributed by atoms with Crippen LogP contribution in [-0.2, 0) is 0 Å². The van der Waals surface area contributed by atoms with Crippen molar-refractivity contribution in [3.8, 4) is 0 Å². The van der Waals surface area contributed by atoms with Gasteiger partial charge in [0, 0.05) is 24.8 Å². The summed E-state index contributed by atoms with van der Waals surface area (Å²) in [5.41, 5.74) is 1.31. The van der Waals surface area contributed by atoms with Gasteiger partial charge in [-0.1, -0.05) is 6.08 Å². The molecule has 0 spiro atoms. The van der Waals surface area contributed by atoms with Crippen LogP contribution in [0.1, 0.15) is 27.2 Å². The van der Waals surface area contributed by atoms with E-state index in [1.165, 1.54) is 5.70 Å². The number of hydrogen-bond acceptors (Lipinski definition) is 2. The molecule has 0 fully saturated rings. The number of rotatable bonds is 2. The lowest BCUT2D eigenvalue weighted by molar-refractivity contribution is 0.353. The minimum Gasteiger partial charge on any atom is -0.388 e. The first-order chi connectivity index (χ1) is 6.11. The molecule has 0 saturated heterocycles. The van der Waals surface area contributed by atoms with Gasteiger partial charge in [0.1, 0.15) is 0 Å². The van der Waals surface area contributed by atoms with Crippen molar-refractivity contribution in [3.63, 3.8) is 0 Å². The molecule has 1 atom stereocenters. The third kappa shape index (κ3) is 2.79. The number of nitrogens with one attached hydrogen (secondary N) is 1. The van der Waals surface area contributed by atoms with E-state index in [2.05, 4.69) is 50.2 Å². The molecule has 1 unspecified atom stereocenters. The first-order valence-corrected chi connectivity index (χ1v) is 4.97. The summed E-state index contributed by atoms with van der Waals surface area (Å²) in [6, 6.07) is 1.11. The molecule has 1 heterocycles. The van der Waals surface area contributed by atoms with E-state index in [0.717, 1.165) is 6.42 Å². The predicted molar refractivity (Wildman–Crippen MR) is 57.3 cm³/mol. The van der Waals surface area contributed by atoms with Crippen LogP contribution in [0, 0.1) is 0 Å². The van der Waals surface area contributed by atoms with Crippen LogP contribution in [0.15, 0.2) is 24.0 Å². The lowest BCUT2D eigenvalue weighted by atomic mass is 10.2. The molecule has 1 aliphatic heterocycles. The van der Waals surface area contributed by atoms with Crippen molar-refractivity contribution >= 4 is 0 Å². The topological polar surface area (TPSA) is 15.3 Å². The van der Waals surface area contributed by atoms with Gasteiger partial charge in [-0.15, -0.1) is 0 Å². The van der Waals surface area contributed by atoms with Crippen molar-refractivity contribution in [1.82, 2.24) is 10.2 Å². The largest absolute Gasteiger partial charge is 0.388 e. The molecule has 13 heavy (non-hydrogen) atoms. The zero-order valence-corrected chi connectivity index (χ0v) is 9.04. The van der Waals surface area contributed by atoms with Gasteiger partial charge in [0.25, 0.3) is 0 Å². The number of likely N-dealkylation sites (N-methyl/N-ethyl adjacent to an activating group) is 1. The van der Waals surface area contributed by atoms with Crippen molar-refractivity contribution in [1.29, 1.82) is 0 Å². The Morgan fingerprint density at radius 1 is 1.54 bits per heavy atom. The Labute approximate surface area is 81.3 Å². The maximum Gasteiger partial charge on any atom is 0.0340 e. The Bertz CT molecular complexity index is 216. The van der Waals surface area contributed by atoms with Gasteiger partial charge in [-0.2, -0.15) is 0 Å². The van der Waals surface area contributed by atoms with E-state index >= 15 is 0 Å². The number of nitrogens with zero attached hydrogens (tertiary/aromatic N) is 1. The standard InChI is InChI=1S/C11H20N2/c1-9(2)13(4)11-6-5-10(3)12-8-7-11/h6-10,12H,5H2,1-4H3. The van der Waals surface area contributed by atoms with E-state index in [1.54, 1.807) is 0 Å². The van der Waals surface area contributed by atoms with Gasteiger partial charge in [0.15, 0.2) is 0 Å². The second-order valence-electron chi connectivity index (χ2n) is 3.97. The Balaban J connectivity index is 2.68. The minimum atomic E-state index is 0.550. The average molecular weight is 180 g/mol. The molecule has 1 rings (SSSR count). The maximum absolute atomic E-state index is 3.31. The molecule has 0 aromatic heterocycles. The fourth-order valence-electron chi connectivity index (χ4n) is 1.29. The van der Waals surface area contributed by atoms with Gasteiger partial charge in [0.05, 0.1) is 0 Å². The van der Waals surface area contributed by atoms with Crippen LogP contribution < -0.4 is 5.32 Å². The molecule has 1 aliphatic rings. The molecule has 0 aromatic rings. The molecular weight excluding hydrogens is 160 g/mol. The molecule has 2 heteroatoms.